The number of carbonyl (C=O) groups excluding carboxylic acids is 1. The minimum atomic E-state index is 0.262. The molecule has 2 fully saturated rings. The zero-order valence-electron chi connectivity index (χ0n) is 10.6. The van der Waals surface area contributed by atoms with Gasteiger partial charge in [0.05, 0.1) is 0 Å². The van der Waals surface area contributed by atoms with Gasteiger partial charge < -0.3 is 0 Å². The van der Waals surface area contributed by atoms with Gasteiger partial charge in [0.15, 0.2) is 5.78 Å². The van der Waals surface area contributed by atoms with Crippen molar-refractivity contribution in [3.63, 3.8) is 0 Å². The van der Waals surface area contributed by atoms with E-state index in [9.17, 15) is 4.79 Å². The average molecular weight is 228 g/mol. The minimum Gasteiger partial charge on any atom is -0.294 e. The van der Waals surface area contributed by atoms with Crippen LogP contribution in [-0.2, 0) is 4.79 Å². The monoisotopic (exact) mass is 228 g/mol. The first-order valence-corrected chi connectivity index (χ1v) is 6.70. The first kappa shape index (κ1) is 11.0. The van der Waals surface area contributed by atoms with Crippen molar-refractivity contribution in [2.24, 2.45) is 35.5 Å². The van der Waals surface area contributed by atoms with E-state index in [1.807, 2.05) is 6.08 Å². The number of allylic oxidation sites excluding steroid dienone is 5. The number of rotatable bonds is 2. The number of ketones is 1. The normalized spacial score (nSPS) is 45.0. The number of hydrogen-bond acceptors (Lipinski definition) is 1. The van der Waals surface area contributed by atoms with E-state index >= 15 is 0 Å². The molecular formula is C16H20O. The van der Waals surface area contributed by atoms with Crippen molar-refractivity contribution >= 4 is 5.78 Å². The molecule has 2 bridgehead atoms. The van der Waals surface area contributed by atoms with Gasteiger partial charge in [-0.3, -0.25) is 4.79 Å². The maximum atomic E-state index is 12.5. The fourth-order valence-electron chi connectivity index (χ4n) is 4.12. The first-order chi connectivity index (χ1) is 8.13. The highest BCUT2D eigenvalue weighted by molar-refractivity contribution is 6.01. The molecule has 1 nitrogen and oxygen atoms in total. The van der Waals surface area contributed by atoms with Crippen molar-refractivity contribution in [3.05, 3.63) is 36.5 Å². The van der Waals surface area contributed by atoms with Gasteiger partial charge >= 0.3 is 0 Å². The smallest absolute Gasteiger partial charge is 0.163 e. The van der Waals surface area contributed by atoms with Crippen molar-refractivity contribution in [1.29, 1.82) is 0 Å². The van der Waals surface area contributed by atoms with Gasteiger partial charge in [0.1, 0.15) is 0 Å². The Kier molecular flexibility index (Phi) is 2.39. The zero-order valence-corrected chi connectivity index (χ0v) is 10.6. The van der Waals surface area contributed by atoms with Crippen LogP contribution < -0.4 is 0 Å². The summed E-state index contributed by atoms with van der Waals surface area (Å²) in [7, 11) is 0. The van der Waals surface area contributed by atoms with Gasteiger partial charge in [-0.25, -0.2) is 0 Å². The molecular weight excluding hydrogens is 208 g/mol. The minimum absolute atomic E-state index is 0.262. The molecule has 0 aromatic carbocycles. The van der Waals surface area contributed by atoms with Crippen molar-refractivity contribution in [1.82, 2.24) is 0 Å². The number of hydrogen-bond donors (Lipinski definition) is 0. The van der Waals surface area contributed by atoms with Crippen LogP contribution in [0.5, 0.6) is 0 Å². The summed E-state index contributed by atoms with van der Waals surface area (Å²) in [6.45, 7) is 8.24. The van der Waals surface area contributed by atoms with E-state index in [1.54, 1.807) is 0 Å². The van der Waals surface area contributed by atoms with Crippen LogP contribution in [0.15, 0.2) is 36.5 Å². The van der Waals surface area contributed by atoms with Gasteiger partial charge in [0.25, 0.3) is 0 Å². The summed E-state index contributed by atoms with van der Waals surface area (Å²) in [5, 5.41) is 0. The summed E-state index contributed by atoms with van der Waals surface area (Å²) in [6, 6.07) is 0. The topological polar surface area (TPSA) is 17.1 Å². The average Bonchev–Trinajstić information content (AvgIpc) is 2.92. The van der Waals surface area contributed by atoms with E-state index in [2.05, 4.69) is 38.7 Å². The Morgan fingerprint density at radius 3 is 2.71 bits per heavy atom. The van der Waals surface area contributed by atoms with Crippen molar-refractivity contribution in [3.8, 4) is 0 Å². The Labute approximate surface area is 103 Å². The van der Waals surface area contributed by atoms with Crippen LogP contribution in [-0.4, -0.2) is 5.78 Å². The second kappa shape index (κ2) is 3.69. The third-order valence-electron chi connectivity index (χ3n) is 4.65. The van der Waals surface area contributed by atoms with Crippen molar-refractivity contribution < 1.29 is 4.79 Å². The third-order valence-corrected chi connectivity index (χ3v) is 4.65. The maximum absolute atomic E-state index is 12.5. The van der Waals surface area contributed by atoms with Crippen LogP contribution in [0, 0.1) is 35.5 Å². The fraction of sp³-hybridized carbons (Fsp3) is 0.562. The van der Waals surface area contributed by atoms with Crippen molar-refractivity contribution in [2.45, 2.75) is 20.3 Å². The van der Waals surface area contributed by atoms with Gasteiger partial charge in [-0.1, -0.05) is 38.2 Å². The molecule has 90 valence electrons. The van der Waals surface area contributed by atoms with Gasteiger partial charge in [0.2, 0.25) is 0 Å². The third kappa shape index (κ3) is 1.41. The molecule has 2 saturated carbocycles. The second-order valence-electron chi connectivity index (χ2n) is 6.04. The van der Waals surface area contributed by atoms with Crippen molar-refractivity contribution in [2.75, 3.05) is 0 Å². The van der Waals surface area contributed by atoms with Crippen LogP contribution in [0.2, 0.25) is 0 Å². The molecule has 0 heterocycles. The number of fused-ring (bicyclic) bond motifs is 5. The van der Waals surface area contributed by atoms with E-state index in [0.29, 0.717) is 35.4 Å². The standard InChI is InChI=1S/C16H20O/c1-4-12-13(7-9(2)3)16(17)15-11-6-5-10(8-11)14(12)15/h4-7,9-12,14-15H,1,8H2,2-3H3/b13-7+/t10-,11+,12+,14-,15-/m0/s1. The van der Waals surface area contributed by atoms with Crippen LogP contribution >= 0.6 is 0 Å². The Morgan fingerprint density at radius 1 is 1.35 bits per heavy atom. The molecule has 0 saturated heterocycles. The van der Waals surface area contributed by atoms with Gasteiger partial charge in [0, 0.05) is 11.8 Å². The SMILES string of the molecule is C=C[C@@H]1/C(=C\C(C)C)C(=O)[C@@H]2[C@H]1[C@H]1C=C[C@@H]2C1. The summed E-state index contributed by atoms with van der Waals surface area (Å²) >= 11 is 0. The lowest BCUT2D eigenvalue weighted by atomic mass is 9.81. The van der Waals surface area contributed by atoms with Crippen LogP contribution in [0.4, 0.5) is 0 Å². The molecule has 0 unspecified atom stereocenters. The van der Waals surface area contributed by atoms with Gasteiger partial charge in [-0.05, 0) is 35.7 Å². The first-order valence-electron chi connectivity index (χ1n) is 6.70. The van der Waals surface area contributed by atoms with E-state index in [1.165, 1.54) is 6.42 Å². The summed E-state index contributed by atoms with van der Waals surface area (Å²) in [4.78, 5) is 12.5. The second-order valence-corrected chi connectivity index (χ2v) is 6.04. The van der Waals surface area contributed by atoms with Crippen LogP contribution in [0.25, 0.3) is 0 Å². The molecule has 0 radical (unpaired) electrons. The predicted octanol–water partition coefficient (Wildman–Crippen LogP) is 3.39. The Hall–Kier alpha value is -1.11. The maximum Gasteiger partial charge on any atom is 0.163 e. The lowest BCUT2D eigenvalue weighted by Gasteiger charge is -2.22. The van der Waals surface area contributed by atoms with Crippen LogP contribution in [0.3, 0.4) is 0 Å². The fourth-order valence-corrected chi connectivity index (χ4v) is 4.12. The Bertz CT molecular complexity index is 427. The van der Waals surface area contributed by atoms with E-state index in [4.69, 9.17) is 0 Å². The quantitative estimate of drug-likeness (QED) is 0.523. The highest BCUT2D eigenvalue weighted by Crippen LogP contribution is 2.58. The summed E-state index contributed by atoms with van der Waals surface area (Å²) in [5.41, 5.74) is 1.04. The highest BCUT2D eigenvalue weighted by atomic mass is 16.1. The lowest BCUT2D eigenvalue weighted by molar-refractivity contribution is -0.119. The highest BCUT2D eigenvalue weighted by Gasteiger charge is 2.56. The molecule has 0 aromatic heterocycles. The molecule has 17 heavy (non-hydrogen) atoms. The summed E-state index contributed by atoms with van der Waals surface area (Å²) in [6.07, 6.45) is 9.95. The molecule has 1 heteroatoms. The molecule has 3 aliphatic carbocycles. The molecule has 0 N–H and O–H groups in total. The molecule has 3 rings (SSSR count). The molecule has 0 amide bonds. The molecule has 3 aliphatic rings. The number of Topliss-reactive ketones (excluding diaryl/α,β-unsaturated/α-hetero) is 1. The molecule has 5 atom stereocenters. The Balaban J connectivity index is 2.02. The van der Waals surface area contributed by atoms with E-state index in [-0.39, 0.29) is 5.92 Å². The molecule has 0 spiro atoms. The van der Waals surface area contributed by atoms with Crippen LogP contribution in [0.1, 0.15) is 20.3 Å². The lowest BCUT2D eigenvalue weighted by Crippen LogP contribution is -2.21. The Morgan fingerprint density at radius 2 is 2.06 bits per heavy atom. The van der Waals surface area contributed by atoms with Gasteiger partial charge in [-0.2, -0.15) is 0 Å². The summed E-state index contributed by atoms with van der Waals surface area (Å²) < 4.78 is 0. The molecule has 0 aromatic rings. The summed E-state index contributed by atoms with van der Waals surface area (Å²) in [5.74, 6) is 3.06. The number of carbonyl (C=O) groups is 1. The van der Waals surface area contributed by atoms with E-state index in [0.717, 1.165) is 5.57 Å². The van der Waals surface area contributed by atoms with E-state index < -0.39 is 0 Å². The predicted molar refractivity (Wildman–Crippen MR) is 69.3 cm³/mol. The zero-order chi connectivity index (χ0) is 12.2. The molecule has 0 aliphatic heterocycles. The largest absolute Gasteiger partial charge is 0.294 e. The van der Waals surface area contributed by atoms with Gasteiger partial charge in [-0.15, -0.1) is 6.58 Å².